The van der Waals surface area contributed by atoms with Crippen LogP contribution in [0, 0.1) is 6.07 Å². The summed E-state index contributed by atoms with van der Waals surface area (Å²) in [5, 5.41) is 0. The molecule has 0 amide bonds. The minimum Gasteiger partial charge on any atom is -0.308 e. The molecule has 3 aromatic rings. The fraction of sp³-hybridized carbons (Fsp3) is 0. The van der Waals surface area contributed by atoms with Gasteiger partial charge in [-0.2, -0.15) is 0 Å². The highest BCUT2D eigenvalue weighted by molar-refractivity contribution is 7.99. The number of hydrogen-bond donors (Lipinski definition) is 0. The van der Waals surface area contributed by atoms with Crippen LogP contribution in [-0.4, -0.2) is 0 Å². The van der Waals surface area contributed by atoms with Gasteiger partial charge in [-0.15, -0.1) is 0 Å². The summed E-state index contributed by atoms with van der Waals surface area (Å²) >= 11 is 1.81. The van der Waals surface area contributed by atoms with Crippen LogP contribution in [0.3, 0.4) is 0 Å². The summed E-state index contributed by atoms with van der Waals surface area (Å²) in [4.78, 5) is 4.81. The molecular weight excluding hydrogens is 262 g/mol. The van der Waals surface area contributed by atoms with E-state index in [0.717, 1.165) is 5.69 Å². The second-order valence-corrected chi connectivity index (χ2v) is 5.71. The van der Waals surface area contributed by atoms with Gasteiger partial charge in [-0.05, 0) is 30.3 Å². The number of anilines is 3. The van der Waals surface area contributed by atoms with Crippen molar-refractivity contribution in [3.63, 3.8) is 0 Å². The Labute approximate surface area is 122 Å². The predicted molar refractivity (Wildman–Crippen MR) is 84.1 cm³/mol. The van der Waals surface area contributed by atoms with Crippen molar-refractivity contribution in [1.29, 1.82) is 0 Å². The summed E-state index contributed by atoms with van der Waals surface area (Å²) in [5.74, 6) is 0. The van der Waals surface area contributed by atoms with E-state index < -0.39 is 0 Å². The molecule has 1 aliphatic rings. The molecule has 0 fully saturated rings. The lowest BCUT2D eigenvalue weighted by Crippen LogP contribution is -2.14. The fourth-order valence-corrected chi connectivity index (χ4v) is 3.52. The van der Waals surface area contributed by atoms with Gasteiger partial charge < -0.3 is 4.90 Å². The van der Waals surface area contributed by atoms with E-state index in [0.29, 0.717) is 0 Å². The van der Waals surface area contributed by atoms with Crippen molar-refractivity contribution in [3.8, 4) is 0 Å². The van der Waals surface area contributed by atoms with E-state index in [1.54, 1.807) is 0 Å². The van der Waals surface area contributed by atoms with E-state index in [1.807, 2.05) is 30.0 Å². The van der Waals surface area contributed by atoms with Crippen LogP contribution in [0.1, 0.15) is 0 Å². The first kappa shape index (κ1) is 11.6. The summed E-state index contributed by atoms with van der Waals surface area (Å²) in [7, 11) is 0. The molecule has 3 aromatic carbocycles. The number of rotatable bonds is 1. The first-order valence-corrected chi connectivity index (χ1v) is 7.38. The van der Waals surface area contributed by atoms with Crippen LogP contribution in [-0.2, 0) is 0 Å². The Kier molecular flexibility index (Phi) is 2.75. The van der Waals surface area contributed by atoms with Gasteiger partial charge in [-0.1, -0.05) is 54.2 Å². The Hall–Kier alpha value is -2.19. The average Bonchev–Trinajstić information content (AvgIpc) is 2.53. The second-order valence-electron chi connectivity index (χ2n) is 4.62. The zero-order valence-corrected chi connectivity index (χ0v) is 11.6. The smallest absolute Gasteiger partial charge is 0.0680 e. The topological polar surface area (TPSA) is 3.24 Å². The highest BCUT2D eigenvalue weighted by atomic mass is 32.2. The molecule has 0 spiro atoms. The van der Waals surface area contributed by atoms with Crippen LogP contribution in [0.5, 0.6) is 0 Å². The van der Waals surface area contributed by atoms with Crippen molar-refractivity contribution in [3.05, 3.63) is 78.9 Å². The second kappa shape index (κ2) is 4.73. The SMILES string of the molecule is [c]1cccc2c1N(c1ccccc1)c1ccccc1S2. The molecule has 0 bridgehead atoms. The van der Waals surface area contributed by atoms with Gasteiger partial charge in [0.1, 0.15) is 0 Å². The third-order valence-electron chi connectivity index (χ3n) is 3.36. The summed E-state index contributed by atoms with van der Waals surface area (Å²) in [6.45, 7) is 0. The molecule has 0 saturated carbocycles. The number of nitrogens with zero attached hydrogens (tertiary/aromatic N) is 1. The molecule has 0 unspecified atom stereocenters. The Balaban J connectivity index is 1.98. The molecule has 0 aliphatic carbocycles. The first-order chi connectivity index (χ1) is 9.93. The lowest BCUT2D eigenvalue weighted by atomic mass is 10.2. The summed E-state index contributed by atoms with van der Waals surface area (Å²) in [6.07, 6.45) is 0. The molecule has 0 saturated heterocycles. The van der Waals surface area contributed by atoms with Crippen LogP contribution >= 0.6 is 11.8 Å². The zero-order valence-electron chi connectivity index (χ0n) is 10.8. The number of benzene rings is 3. The molecule has 1 radical (unpaired) electrons. The van der Waals surface area contributed by atoms with E-state index in [-0.39, 0.29) is 0 Å². The molecule has 0 N–H and O–H groups in total. The highest BCUT2D eigenvalue weighted by Gasteiger charge is 2.23. The van der Waals surface area contributed by atoms with Gasteiger partial charge in [0.15, 0.2) is 0 Å². The van der Waals surface area contributed by atoms with Crippen molar-refractivity contribution in [2.45, 2.75) is 9.79 Å². The molecule has 0 atom stereocenters. The number of para-hydroxylation sites is 3. The van der Waals surface area contributed by atoms with E-state index in [2.05, 4.69) is 65.6 Å². The van der Waals surface area contributed by atoms with Gasteiger partial charge in [0, 0.05) is 21.5 Å². The Morgan fingerprint density at radius 2 is 1.50 bits per heavy atom. The Morgan fingerprint density at radius 3 is 2.40 bits per heavy atom. The quantitative estimate of drug-likeness (QED) is 0.456. The van der Waals surface area contributed by atoms with Crippen molar-refractivity contribution >= 4 is 28.8 Å². The van der Waals surface area contributed by atoms with Gasteiger partial charge in [0.05, 0.1) is 11.4 Å². The number of fused-ring (bicyclic) bond motifs is 2. The molecular formula is C18H12NS. The van der Waals surface area contributed by atoms with Crippen molar-refractivity contribution in [2.24, 2.45) is 0 Å². The average molecular weight is 274 g/mol. The van der Waals surface area contributed by atoms with Crippen LogP contribution in [0.15, 0.2) is 82.6 Å². The molecule has 0 aromatic heterocycles. The standard InChI is InChI=1S/C18H12NS/c1-2-8-14(9-3-1)19-15-10-4-6-12-17(15)20-18-13-7-5-11-16(18)19/h1-10,12-13H. The molecule has 1 heterocycles. The van der Waals surface area contributed by atoms with Crippen molar-refractivity contribution in [2.75, 3.05) is 4.90 Å². The van der Waals surface area contributed by atoms with Crippen molar-refractivity contribution in [1.82, 2.24) is 0 Å². The highest BCUT2D eigenvalue weighted by Crippen LogP contribution is 2.50. The lowest BCUT2D eigenvalue weighted by Gasteiger charge is -2.32. The molecule has 1 aliphatic heterocycles. The van der Waals surface area contributed by atoms with Crippen molar-refractivity contribution < 1.29 is 0 Å². The maximum absolute atomic E-state index is 3.38. The van der Waals surface area contributed by atoms with Gasteiger partial charge in [0.25, 0.3) is 0 Å². The monoisotopic (exact) mass is 274 g/mol. The Bertz CT molecular complexity index is 707. The summed E-state index contributed by atoms with van der Waals surface area (Å²) < 4.78 is 0. The summed E-state index contributed by atoms with van der Waals surface area (Å²) in [6, 6.07) is 28.5. The van der Waals surface area contributed by atoms with Crippen LogP contribution in [0.25, 0.3) is 0 Å². The predicted octanol–water partition coefficient (Wildman–Crippen LogP) is 5.42. The maximum Gasteiger partial charge on any atom is 0.0680 e. The van der Waals surface area contributed by atoms with E-state index in [9.17, 15) is 0 Å². The zero-order chi connectivity index (χ0) is 13.4. The Morgan fingerprint density at radius 1 is 0.750 bits per heavy atom. The molecule has 4 rings (SSSR count). The van der Waals surface area contributed by atoms with Gasteiger partial charge in [-0.25, -0.2) is 0 Å². The third-order valence-corrected chi connectivity index (χ3v) is 4.48. The molecule has 20 heavy (non-hydrogen) atoms. The van der Waals surface area contributed by atoms with E-state index in [4.69, 9.17) is 0 Å². The van der Waals surface area contributed by atoms with Gasteiger partial charge in [0.2, 0.25) is 0 Å². The molecule has 1 nitrogen and oxygen atoms in total. The largest absolute Gasteiger partial charge is 0.308 e. The lowest BCUT2D eigenvalue weighted by molar-refractivity contribution is 1.16. The van der Waals surface area contributed by atoms with Crippen LogP contribution in [0.4, 0.5) is 17.1 Å². The van der Waals surface area contributed by atoms with Crippen LogP contribution < -0.4 is 4.90 Å². The van der Waals surface area contributed by atoms with Crippen LogP contribution in [0.2, 0.25) is 0 Å². The summed E-state index contributed by atoms with van der Waals surface area (Å²) in [5.41, 5.74) is 3.52. The van der Waals surface area contributed by atoms with Gasteiger partial charge >= 0.3 is 0 Å². The van der Waals surface area contributed by atoms with Gasteiger partial charge in [-0.3, -0.25) is 0 Å². The normalized spacial score (nSPS) is 12.7. The molecule has 2 heteroatoms. The van der Waals surface area contributed by atoms with E-state index in [1.165, 1.54) is 21.2 Å². The van der Waals surface area contributed by atoms with E-state index >= 15 is 0 Å². The minimum absolute atomic E-state index is 1.13. The minimum atomic E-state index is 1.13. The number of hydrogen-bond acceptors (Lipinski definition) is 2. The first-order valence-electron chi connectivity index (χ1n) is 6.56. The third kappa shape index (κ3) is 1.81. The maximum atomic E-state index is 3.38. The molecule has 95 valence electrons. The fourth-order valence-electron chi connectivity index (χ4n) is 2.48.